The van der Waals surface area contributed by atoms with Crippen molar-refractivity contribution < 1.29 is 12.8 Å². The summed E-state index contributed by atoms with van der Waals surface area (Å²) in [5, 5.41) is 9.20. The quantitative estimate of drug-likeness (QED) is 0.804. The van der Waals surface area contributed by atoms with E-state index in [0.717, 1.165) is 25.7 Å². The van der Waals surface area contributed by atoms with Crippen LogP contribution in [0.15, 0.2) is 18.2 Å². The van der Waals surface area contributed by atoms with Crippen LogP contribution in [0.5, 0.6) is 0 Å². The van der Waals surface area contributed by atoms with Crippen LogP contribution in [0.2, 0.25) is 0 Å². The minimum absolute atomic E-state index is 0.0168. The number of hydrogen-bond acceptors (Lipinski definition) is 4. The summed E-state index contributed by atoms with van der Waals surface area (Å²) in [5.74, 6) is -0.544. The summed E-state index contributed by atoms with van der Waals surface area (Å²) in [7, 11) is -1.81. The number of halogens is 1. The van der Waals surface area contributed by atoms with Gasteiger partial charge in [0.25, 0.3) is 10.2 Å². The highest BCUT2D eigenvalue weighted by atomic mass is 32.2. The highest BCUT2D eigenvalue weighted by Gasteiger charge is 2.35. The molecule has 1 aliphatic carbocycles. The van der Waals surface area contributed by atoms with E-state index in [1.807, 2.05) is 11.0 Å². The van der Waals surface area contributed by atoms with E-state index in [4.69, 9.17) is 0 Å². The Morgan fingerprint density at radius 1 is 1.15 bits per heavy atom. The van der Waals surface area contributed by atoms with Crippen LogP contribution in [-0.2, 0) is 10.2 Å². The van der Waals surface area contributed by atoms with Gasteiger partial charge >= 0.3 is 0 Å². The van der Waals surface area contributed by atoms with Crippen molar-refractivity contribution in [2.75, 3.05) is 38.1 Å². The zero-order valence-electron chi connectivity index (χ0n) is 15.1. The van der Waals surface area contributed by atoms with Gasteiger partial charge in [0.05, 0.1) is 5.69 Å². The molecular weight excluding hydrogens is 355 g/mol. The highest BCUT2D eigenvalue weighted by Crippen LogP contribution is 2.27. The molecule has 2 aliphatic rings. The number of nitriles is 1. The summed E-state index contributed by atoms with van der Waals surface area (Å²) >= 11 is 0. The van der Waals surface area contributed by atoms with E-state index in [-0.39, 0.29) is 11.6 Å². The van der Waals surface area contributed by atoms with Crippen LogP contribution in [0.3, 0.4) is 0 Å². The van der Waals surface area contributed by atoms with Gasteiger partial charge in [-0.1, -0.05) is 25.3 Å². The third-order valence-electron chi connectivity index (χ3n) is 5.46. The van der Waals surface area contributed by atoms with Crippen LogP contribution in [0.4, 0.5) is 10.1 Å². The number of anilines is 1. The van der Waals surface area contributed by atoms with Crippen molar-refractivity contribution in [1.29, 1.82) is 5.26 Å². The largest absolute Gasteiger partial charge is 0.368 e. The van der Waals surface area contributed by atoms with E-state index >= 15 is 0 Å². The Balaban J connectivity index is 1.68. The lowest BCUT2D eigenvalue weighted by Crippen LogP contribution is -2.54. The maximum absolute atomic E-state index is 13.8. The van der Waals surface area contributed by atoms with E-state index < -0.39 is 16.0 Å². The molecule has 1 heterocycles. The average molecular weight is 380 g/mol. The van der Waals surface area contributed by atoms with Crippen LogP contribution in [0.1, 0.15) is 37.7 Å². The summed E-state index contributed by atoms with van der Waals surface area (Å²) in [6, 6.07) is 6.54. The van der Waals surface area contributed by atoms with Gasteiger partial charge in [0, 0.05) is 39.3 Å². The number of nitrogens with zero attached hydrogens (tertiary/aromatic N) is 4. The first-order valence-electron chi connectivity index (χ1n) is 9.12. The van der Waals surface area contributed by atoms with Gasteiger partial charge in [0.2, 0.25) is 0 Å². The molecule has 0 aromatic heterocycles. The first-order valence-corrected chi connectivity index (χ1v) is 10.5. The molecule has 2 fully saturated rings. The predicted octanol–water partition coefficient (Wildman–Crippen LogP) is 2.33. The molecule has 1 aliphatic heterocycles. The Hall–Kier alpha value is -1.69. The Labute approximate surface area is 155 Å². The highest BCUT2D eigenvalue weighted by molar-refractivity contribution is 7.86. The van der Waals surface area contributed by atoms with Crippen molar-refractivity contribution in [1.82, 2.24) is 8.61 Å². The van der Waals surface area contributed by atoms with E-state index in [1.165, 1.54) is 21.1 Å². The van der Waals surface area contributed by atoms with Gasteiger partial charge in [-0.15, -0.1) is 0 Å². The molecule has 1 saturated carbocycles. The summed E-state index contributed by atoms with van der Waals surface area (Å²) in [4.78, 5) is 1.88. The molecule has 0 spiro atoms. The second-order valence-electron chi connectivity index (χ2n) is 6.95. The Kier molecular flexibility index (Phi) is 5.80. The van der Waals surface area contributed by atoms with Gasteiger partial charge in [-0.25, -0.2) is 4.39 Å². The van der Waals surface area contributed by atoms with E-state index in [9.17, 15) is 18.1 Å². The van der Waals surface area contributed by atoms with E-state index in [0.29, 0.717) is 31.9 Å². The third kappa shape index (κ3) is 3.70. The number of piperazine rings is 1. The Morgan fingerprint density at radius 3 is 2.42 bits per heavy atom. The van der Waals surface area contributed by atoms with Gasteiger partial charge in [-0.05, 0) is 25.0 Å². The molecule has 0 atom stereocenters. The molecule has 3 rings (SSSR count). The van der Waals surface area contributed by atoms with Crippen molar-refractivity contribution in [3.8, 4) is 6.07 Å². The van der Waals surface area contributed by atoms with Crippen LogP contribution in [0.25, 0.3) is 0 Å². The maximum Gasteiger partial charge on any atom is 0.282 e. The standard InChI is InChI=1S/C18H25FN4O2S/c1-21(15-6-3-2-4-7-15)26(24,25)23-12-10-22(11-13-23)18-9-5-8-17(19)16(18)14-20/h5,8-9,15H,2-4,6-7,10-13H2,1H3. The zero-order chi connectivity index (χ0) is 18.7. The van der Waals surface area contributed by atoms with Crippen molar-refractivity contribution in [3.05, 3.63) is 29.6 Å². The summed E-state index contributed by atoms with van der Waals surface area (Å²) < 4.78 is 42.7. The first-order chi connectivity index (χ1) is 12.4. The van der Waals surface area contributed by atoms with Crippen LogP contribution in [0, 0.1) is 17.1 Å². The predicted molar refractivity (Wildman–Crippen MR) is 98.5 cm³/mol. The van der Waals surface area contributed by atoms with Crippen molar-refractivity contribution in [2.24, 2.45) is 0 Å². The van der Waals surface area contributed by atoms with E-state index in [1.54, 1.807) is 19.2 Å². The monoisotopic (exact) mass is 380 g/mol. The van der Waals surface area contributed by atoms with Crippen LogP contribution in [-0.4, -0.2) is 56.3 Å². The zero-order valence-corrected chi connectivity index (χ0v) is 15.9. The van der Waals surface area contributed by atoms with Crippen LogP contribution >= 0.6 is 0 Å². The van der Waals surface area contributed by atoms with Gasteiger partial charge in [0.1, 0.15) is 17.4 Å². The lowest BCUT2D eigenvalue weighted by Gasteiger charge is -2.39. The second kappa shape index (κ2) is 7.91. The molecule has 0 radical (unpaired) electrons. The fourth-order valence-corrected chi connectivity index (χ4v) is 5.44. The molecule has 26 heavy (non-hydrogen) atoms. The average Bonchev–Trinajstić information content (AvgIpc) is 2.68. The SMILES string of the molecule is CN(C1CCCCC1)S(=O)(=O)N1CCN(c2cccc(F)c2C#N)CC1. The molecule has 6 nitrogen and oxygen atoms in total. The van der Waals surface area contributed by atoms with Crippen molar-refractivity contribution >= 4 is 15.9 Å². The third-order valence-corrected chi connectivity index (χ3v) is 7.51. The number of rotatable bonds is 4. The van der Waals surface area contributed by atoms with Crippen molar-refractivity contribution in [3.63, 3.8) is 0 Å². The number of benzene rings is 1. The molecule has 1 aromatic carbocycles. The van der Waals surface area contributed by atoms with Gasteiger partial charge < -0.3 is 4.90 Å². The molecule has 142 valence electrons. The lowest BCUT2D eigenvalue weighted by atomic mass is 9.96. The molecule has 0 unspecified atom stereocenters. The fourth-order valence-electron chi connectivity index (χ4n) is 3.86. The Morgan fingerprint density at radius 2 is 1.81 bits per heavy atom. The summed E-state index contributed by atoms with van der Waals surface area (Å²) in [6.07, 6.45) is 5.18. The molecule has 1 saturated heterocycles. The molecule has 0 N–H and O–H groups in total. The summed E-state index contributed by atoms with van der Waals surface area (Å²) in [5.41, 5.74) is 0.549. The Bertz CT molecular complexity index is 779. The lowest BCUT2D eigenvalue weighted by molar-refractivity contribution is 0.259. The van der Waals surface area contributed by atoms with Gasteiger partial charge in [0.15, 0.2) is 0 Å². The maximum atomic E-state index is 13.8. The normalized spacial score (nSPS) is 20.3. The minimum atomic E-state index is -3.49. The second-order valence-corrected chi connectivity index (χ2v) is 8.94. The summed E-state index contributed by atoms with van der Waals surface area (Å²) in [6.45, 7) is 1.55. The first kappa shape index (κ1) is 19.1. The molecular formula is C18H25FN4O2S. The fraction of sp³-hybridized carbons (Fsp3) is 0.611. The van der Waals surface area contributed by atoms with Gasteiger partial charge in [-0.3, -0.25) is 0 Å². The van der Waals surface area contributed by atoms with Crippen molar-refractivity contribution in [2.45, 2.75) is 38.1 Å². The van der Waals surface area contributed by atoms with E-state index in [2.05, 4.69) is 0 Å². The van der Waals surface area contributed by atoms with Gasteiger partial charge in [-0.2, -0.15) is 22.3 Å². The van der Waals surface area contributed by atoms with Crippen LogP contribution < -0.4 is 4.90 Å². The molecule has 0 bridgehead atoms. The molecule has 1 aromatic rings. The number of hydrogen-bond donors (Lipinski definition) is 0. The minimum Gasteiger partial charge on any atom is -0.368 e. The smallest absolute Gasteiger partial charge is 0.282 e. The molecule has 8 heteroatoms. The topological polar surface area (TPSA) is 67.7 Å². The molecule has 0 amide bonds.